The first kappa shape index (κ1) is 13.0. The number of fused-ring (bicyclic) bond motifs is 1. The van der Waals surface area contributed by atoms with Gasteiger partial charge in [0.05, 0.1) is 6.61 Å². The summed E-state index contributed by atoms with van der Waals surface area (Å²) in [6, 6.07) is 6.87. The zero-order chi connectivity index (χ0) is 13.1. The van der Waals surface area contributed by atoms with Gasteiger partial charge in [-0.2, -0.15) is 0 Å². The van der Waals surface area contributed by atoms with Crippen LogP contribution in [0, 0.1) is 0 Å². The molecule has 2 heterocycles. The Labute approximate surface area is 116 Å². The van der Waals surface area contributed by atoms with E-state index in [4.69, 9.17) is 4.74 Å². The summed E-state index contributed by atoms with van der Waals surface area (Å²) >= 11 is 0. The van der Waals surface area contributed by atoms with Crippen molar-refractivity contribution in [1.82, 2.24) is 5.32 Å². The largest absolute Gasteiger partial charge is 0.493 e. The molecule has 0 saturated carbocycles. The molecule has 0 aliphatic carbocycles. The van der Waals surface area contributed by atoms with Crippen LogP contribution in [0.5, 0.6) is 5.75 Å². The molecule has 0 aromatic heterocycles. The van der Waals surface area contributed by atoms with Gasteiger partial charge in [-0.05, 0) is 43.0 Å². The van der Waals surface area contributed by atoms with Crippen molar-refractivity contribution in [1.29, 1.82) is 0 Å². The van der Waals surface area contributed by atoms with E-state index in [-0.39, 0.29) is 5.54 Å². The van der Waals surface area contributed by atoms with Crippen molar-refractivity contribution in [3.05, 3.63) is 29.3 Å². The topological polar surface area (TPSA) is 21.3 Å². The van der Waals surface area contributed by atoms with Gasteiger partial charge in [-0.1, -0.05) is 38.3 Å². The molecule has 2 nitrogen and oxygen atoms in total. The fourth-order valence-electron chi connectivity index (χ4n) is 3.66. The van der Waals surface area contributed by atoms with Crippen molar-refractivity contribution in [3.63, 3.8) is 0 Å². The summed E-state index contributed by atoms with van der Waals surface area (Å²) in [5.41, 5.74) is 3.10. The normalized spacial score (nSPS) is 26.6. The minimum absolute atomic E-state index is 0.211. The van der Waals surface area contributed by atoms with Gasteiger partial charge in [-0.15, -0.1) is 0 Å². The maximum atomic E-state index is 5.64. The second kappa shape index (κ2) is 5.54. The van der Waals surface area contributed by atoms with Crippen LogP contribution in [0.3, 0.4) is 0 Å². The predicted molar refractivity (Wildman–Crippen MR) is 78.7 cm³/mol. The Bertz CT molecular complexity index is 433. The SMILES string of the molecule is CCCC1(c2ccc3c(c2)CCO3)CCCCCN1. The van der Waals surface area contributed by atoms with Crippen molar-refractivity contribution in [2.45, 2.75) is 57.4 Å². The Kier molecular flexibility index (Phi) is 3.79. The van der Waals surface area contributed by atoms with E-state index in [9.17, 15) is 0 Å². The van der Waals surface area contributed by atoms with Crippen LogP contribution in [0.2, 0.25) is 0 Å². The molecule has 1 atom stereocenters. The first-order valence-electron chi connectivity index (χ1n) is 7.85. The number of benzene rings is 1. The zero-order valence-electron chi connectivity index (χ0n) is 12.0. The van der Waals surface area contributed by atoms with Crippen molar-refractivity contribution in [2.75, 3.05) is 13.2 Å². The smallest absolute Gasteiger partial charge is 0.122 e. The van der Waals surface area contributed by atoms with E-state index in [0.717, 1.165) is 25.3 Å². The Morgan fingerprint density at radius 3 is 3.11 bits per heavy atom. The lowest BCUT2D eigenvalue weighted by molar-refractivity contribution is 0.297. The van der Waals surface area contributed by atoms with E-state index in [1.54, 1.807) is 0 Å². The highest BCUT2D eigenvalue weighted by Crippen LogP contribution is 2.37. The molecular formula is C17H25NO. The fourth-order valence-corrected chi connectivity index (χ4v) is 3.66. The minimum Gasteiger partial charge on any atom is -0.493 e. The monoisotopic (exact) mass is 259 g/mol. The molecule has 0 spiro atoms. The molecule has 19 heavy (non-hydrogen) atoms. The Hall–Kier alpha value is -1.02. The van der Waals surface area contributed by atoms with Gasteiger partial charge in [0.1, 0.15) is 5.75 Å². The fraction of sp³-hybridized carbons (Fsp3) is 0.647. The van der Waals surface area contributed by atoms with Gasteiger partial charge in [0, 0.05) is 12.0 Å². The van der Waals surface area contributed by atoms with Gasteiger partial charge in [0.15, 0.2) is 0 Å². The molecule has 1 N–H and O–H groups in total. The summed E-state index contributed by atoms with van der Waals surface area (Å²) in [6.45, 7) is 4.31. The summed E-state index contributed by atoms with van der Waals surface area (Å²) in [7, 11) is 0. The molecule has 1 aromatic rings. The molecule has 2 aliphatic rings. The number of hydrogen-bond donors (Lipinski definition) is 1. The lowest BCUT2D eigenvalue weighted by Crippen LogP contribution is -2.41. The van der Waals surface area contributed by atoms with E-state index >= 15 is 0 Å². The van der Waals surface area contributed by atoms with Crippen molar-refractivity contribution in [3.8, 4) is 5.75 Å². The third kappa shape index (κ3) is 2.51. The number of nitrogens with one attached hydrogen (secondary N) is 1. The van der Waals surface area contributed by atoms with Crippen molar-refractivity contribution < 1.29 is 4.74 Å². The molecule has 0 radical (unpaired) electrons. The van der Waals surface area contributed by atoms with Crippen LogP contribution in [0.4, 0.5) is 0 Å². The van der Waals surface area contributed by atoms with Crippen molar-refractivity contribution >= 4 is 0 Å². The van der Waals surface area contributed by atoms with Crippen LogP contribution in [-0.2, 0) is 12.0 Å². The van der Waals surface area contributed by atoms with Crippen LogP contribution >= 0.6 is 0 Å². The van der Waals surface area contributed by atoms with Gasteiger partial charge in [-0.3, -0.25) is 0 Å². The van der Waals surface area contributed by atoms with E-state index in [0.29, 0.717) is 0 Å². The van der Waals surface area contributed by atoms with Gasteiger partial charge >= 0.3 is 0 Å². The number of rotatable bonds is 3. The number of ether oxygens (including phenoxy) is 1. The van der Waals surface area contributed by atoms with Crippen LogP contribution in [0.25, 0.3) is 0 Å². The lowest BCUT2D eigenvalue weighted by Gasteiger charge is -2.35. The third-order valence-corrected chi connectivity index (χ3v) is 4.66. The highest BCUT2D eigenvalue weighted by molar-refractivity contribution is 5.42. The lowest BCUT2D eigenvalue weighted by atomic mass is 9.81. The van der Waals surface area contributed by atoms with Gasteiger partial charge in [-0.25, -0.2) is 0 Å². The highest BCUT2D eigenvalue weighted by atomic mass is 16.5. The molecule has 2 aliphatic heterocycles. The van der Waals surface area contributed by atoms with E-state index in [1.807, 2.05) is 0 Å². The highest BCUT2D eigenvalue weighted by Gasteiger charge is 2.32. The second-order valence-electron chi connectivity index (χ2n) is 5.99. The molecule has 1 fully saturated rings. The maximum Gasteiger partial charge on any atom is 0.122 e. The summed E-state index contributed by atoms with van der Waals surface area (Å²) in [6.07, 6.45) is 8.87. The summed E-state index contributed by atoms with van der Waals surface area (Å²) in [4.78, 5) is 0. The van der Waals surface area contributed by atoms with Gasteiger partial charge in [0.25, 0.3) is 0 Å². The second-order valence-corrected chi connectivity index (χ2v) is 5.99. The van der Waals surface area contributed by atoms with Gasteiger partial charge < -0.3 is 10.1 Å². The van der Waals surface area contributed by atoms with E-state index < -0.39 is 0 Å². The Morgan fingerprint density at radius 1 is 1.26 bits per heavy atom. The van der Waals surface area contributed by atoms with E-state index in [2.05, 4.69) is 30.4 Å². The summed E-state index contributed by atoms with van der Waals surface area (Å²) < 4.78 is 5.64. The summed E-state index contributed by atoms with van der Waals surface area (Å²) in [5, 5.41) is 3.86. The quantitative estimate of drug-likeness (QED) is 0.892. The van der Waals surface area contributed by atoms with Crippen molar-refractivity contribution in [2.24, 2.45) is 0 Å². The summed E-state index contributed by atoms with van der Waals surface area (Å²) in [5.74, 6) is 1.10. The van der Waals surface area contributed by atoms with Crippen LogP contribution in [0.15, 0.2) is 18.2 Å². The molecule has 1 unspecified atom stereocenters. The first-order chi connectivity index (χ1) is 9.34. The molecule has 3 rings (SSSR count). The zero-order valence-corrected chi connectivity index (χ0v) is 12.0. The molecule has 104 valence electrons. The molecule has 0 amide bonds. The third-order valence-electron chi connectivity index (χ3n) is 4.66. The average Bonchev–Trinajstić information content (AvgIpc) is 2.77. The maximum absolute atomic E-state index is 5.64. The van der Waals surface area contributed by atoms with E-state index in [1.165, 1.54) is 49.7 Å². The first-order valence-corrected chi connectivity index (χ1v) is 7.85. The minimum atomic E-state index is 0.211. The van der Waals surface area contributed by atoms with Crippen LogP contribution < -0.4 is 10.1 Å². The van der Waals surface area contributed by atoms with Crippen LogP contribution in [-0.4, -0.2) is 13.2 Å². The van der Waals surface area contributed by atoms with Crippen LogP contribution in [0.1, 0.15) is 56.6 Å². The number of hydrogen-bond acceptors (Lipinski definition) is 2. The standard InChI is InChI=1S/C17H25NO/c1-2-9-17(10-4-3-5-11-18-17)15-6-7-16-14(13-15)8-12-19-16/h6-7,13,18H,2-5,8-12H2,1H3. The predicted octanol–water partition coefficient (Wildman–Crippen LogP) is 3.78. The Balaban J connectivity index is 1.94. The molecular weight excluding hydrogens is 234 g/mol. The molecule has 2 heteroatoms. The molecule has 1 saturated heterocycles. The molecule has 1 aromatic carbocycles. The average molecular weight is 259 g/mol. The Morgan fingerprint density at radius 2 is 2.21 bits per heavy atom. The molecule has 0 bridgehead atoms. The van der Waals surface area contributed by atoms with Gasteiger partial charge in [0.2, 0.25) is 0 Å².